The van der Waals surface area contributed by atoms with E-state index in [0.29, 0.717) is 18.0 Å². The SMILES string of the molecule is CCCn1nncc1C(=O)CCC(C)C. The number of hydrogen-bond donors (Lipinski definition) is 0. The second-order valence-corrected chi connectivity index (χ2v) is 4.20. The van der Waals surface area contributed by atoms with Gasteiger partial charge in [-0.1, -0.05) is 26.0 Å². The van der Waals surface area contributed by atoms with E-state index in [9.17, 15) is 4.79 Å². The van der Waals surface area contributed by atoms with Gasteiger partial charge < -0.3 is 0 Å². The van der Waals surface area contributed by atoms with E-state index in [4.69, 9.17) is 0 Å². The fourth-order valence-corrected chi connectivity index (χ4v) is 1.40. The Kier molecular flexibility index (Phi) is 4.46. The Bertz CT molecular complexity index is 317. The Morgan fingerprint density at radius 3 is 2.87 bits per heavy atom. The van der Waals surface area contributed by atoms with E-state index in [-0.39, 0.29) is 5.78 Å². The molecular weight excluding hydrogens is 190 g/mol. The maximum Gasteiger partial charge on any atom is 0.182 e. The predicted molar refractivity (Wildman–Crippen MR) is 58.7 cm³/mol. The van der Waals surface area contributed by atoms with Gasteiger partial charge >= 0.3 is 0 Å². The third-order valence-corrected chi connectivity index (χ3v) is 2.29. The molecule has 0 N–H and O–H groups in total. The molecule has 15 heavy (non-hydrogen) atoms. The van der Waals surface area contributed by atoms with Crippen LogP contribution in [0.1, 0.15) is 50.5 Å². The van der Waals surface area contributed by atoms with Crippen LogP contribution in [-0.4, -0.2) is 20.8 Å². The predicted octanol–water partition coefficient (Wildman–Crippen LogP) is 2.31. The van der Waals surface area contributed by atoms with Gasteiger partial charge in [0, 0.05) is 13.0 Å². The molecule has 4 nitrogen and oxygen atoms in total. The number of carbonyl (C=O) groups is 1. The van der Waals surface area contributed by atoms with Gasteiger partial charge in [0.2, 0.25) is 0 Å². The summed E-state index contributed by atoms with van der Waals surface area (Å²) in [4.78, 5) is 11.8. The van der Waals surface area contributed by atoms with Gasteiger partial charge in [-0.05, 0) is 18.8 Å². The molecule has 0 aliphatic carbocycles. The van der Waals surface area contributed by atoms with Gasteiger partial charge in [-0.25, -0.2) is 4.68 Å². The number of ketones is 1. The summed E-state index contributed by atoms with van der Waals surface area (Å²) < 4.78 is 1.70. The molecule has 0 aromatic carbocycles. The standard InChI is InChI=1S/C11H19N3O/c1-4-7-14-10(8-12-13-14)11(15)6-5-9(2)3/h8-9H,4-7H2,1-3H3. The third kappa shape index (κ3) is 3.46. The fourth-order valence-electron chi connectivity index (χ4n) is 1.40. The molecule has 84 valence electrons. The number of aryl methyl sites for hydroxylation is 1. The molecule has 1 heterocycles. The number of aromatic nitrogens is 3. The first-order valence-electron chi connectivity index (χ1n) is 5.56. The van der Waals surface area contributed by atoms with Crippen molar-refractivity contribution in [2.45, 2.75) is 46.6 Å². The minimum absolute atomic E-state index is 0.155. The molecular formula is C11H19N3O. The number of Topliss-reactive ketones (excluding diaryl/α,β-unsaturated/α-hetero) is 1. The zero-order valence-electron chi connectivity index (χ0n) is 9.73. The van der Waals surface area contributed by atoms with E-state index in [0.717, 1.165) is 19.4 Å². The number of hydrogen-bond acceptors (Lipinski definition) is 3. The molecule has 0 radical (unpaired) electrons. The quantitative estimate of drug-likeness (QED) is 0.675. The molecule has 4 heteroatoms. The van der Waals surface area contributed by atoms with Crippen molar-refractivity contribution in [1.82, 2.24) is 15.0 Å². The van der Waals surface area contributed by atoms with Crippen molar-refractivity contribution in [2.75, 3.05) is 0 Å². The molecule has 0 saturated heterocycles. The molecule has 1 aromatic rings. The van der Waals surface area contributed by atoms with Gasteiger partial charge in [-0.3, -0.25) is 4.79 Å². The van der Waals surface area contributed by atoms with Gasteiger partial charge in [0.15, 0.2) is 5.78 Å². The summed E-state index contributed by atoms with van der Waals surface area (Å²) in [6.07, 6.45) is 4.05. The maximum atomic E-state index is 11.8. The monoisotopic (exact) mass is 209 g/mol. The summed E-state index contributed by atoms with van der Waals surface area (Å²) in [7, 11) is 0. The highest BCUT2D eigenvalue weighted by Crippen LogP contribution is 2.09. The van der Waals surface area contributed by atoms with E-state index < -0.39 is 0 Å². The lowest BCUT2D eigenvalue weighted by atomic mass is 10.0. The Morgan fingerprint density at radius 1 is 1.53 bits per heavy atom. The number of nitrogens with zero attached hydrogens (tertiary/aromatic N) is 3. The van der Waals surface area contributed by atoms with Crippen LogP contribution in [0, 0.1) is 5.92 Å². The van der Waals surface area contributed by atoms with Crippen molar-refractivity contribution in [3.63, 3.8) is 0 Å². The second kappa shape index (κ2) is 5.63. The third-order valence-electron chi connectivity index (χ3n) is 2.29. The molecule has 1 rings (SSSR count). The van der Waals surface area contributed by atoms with Crippen molar-refractivity contribution in [2.24, 2.45) is 5.92 Å². The highest BCUT2D eigenvalue weighted by molar-refractivity contribution is 5.94. The summed E-state index contributed by atoms with van der Waals surface area (Å²) in [6.45, 7) is 7.07. The van der Waals surface area contributed by atoms with Crippen LogP contribution < -0.4 is 0 Å². The molecule has 1 aromatic heterocycles. The van der Waals surface area contributed by atoms with Crippen LogP contribution in [-0.2, 0) is 6.54 Å². The Balaban J connectivity index is 2.60. The highest BCUT2D eigenvalue weighted by Gasteiger charge is 2.12. The van der Waals surface area contributed by atoms with E-state index in [1.165, 1.54) is 0 Å². The lowest BCUT2D eigenvalue weighted by Gasteiger charge is -2.05. The van der Waals surface area contributed by atoms with E-state index in [2.05, 4.69) is 31.1 Å². The van der Waals surface area contributed by atoms with Crippen molar-refractivity contribution < 1.29 is 4.79 Å². The van der Waals surface area contributed by atoms with Crippen molar-refractivity contribution >= 4 is 5.78 Å². The van der Waals surface area contributed by atoms with Gasteiger partial charge in [0.05, 0.1) is 6.20 Å². The number of carbonyl (C=O) groups excluding carboxylic acids is 1. The molecule has 0 aliphatic rings. The number of rotatable bonds is 6. The van der Waals surface area contributed by atoms with Crippen molar-refractivity contribution in [3.05, 3.63) is 11.9 Å². The summed E-state index contributed by atoms with van der Waals surface area (Å²) in [5.74, 6) is 0.714. The molecule has 0 amide bonds. The molecule has 0 unspecified atom stereocenters. The smallest absolute Gasteiger partial charge is 0.182 e. The Hall–Kier alpha value is -1.19. The van der Waals surface area contributed by atoms with E-state index in [1.54, 1.807) is 10.9 Å². The molecule has 0 atom stereocenters. The summed E-state index contributed by atoms with van der Waals surface area (Å²) >= 11 is 0. The van der Waals surface area contributed by atoms with Crippen LogP contribution in [0.3, 0.4) is 0 Å². The van der Waals surface area contributed by atoms with Crippen LogP contribution in [0.2, 0.25) is 0 Å². The van der Waals surface area contributed by atoms with Crippen molar-refractivity contribution in [3.8, 4) is 0 Å². The zero-order chi connectivity index (χ0) is 11.3. The van der Waals surface area contributed by atoms with Crippen LogP contribution in [0.15, 0.2) is 6.20 Å². The lowest BCUT2D eigenvalue weighted by molar-refractivity contribution is 0.0964. The fraction of sp³-hybridized carbons (Fsp3) is 0.727. The van der Waals surface area contributed by atoms with Crippen LogP contribution in [0.4, 0.5) is 0 Å². The molecule has 0 fully saturated rings. The average Bonchev–Trinajstić information content (AvgIpc) is 2.63. The van der Waals surface area contributed by atoms with Gasteiger partial charge in [0.25, 0.3) is 0 Å². The maximum absolute atomic E-state index is 11.8. The largest absolute Gasteiger partial charge is 0.292 e. The topological polar surface area (TPSA) is 47.8 Å². The lowest BCUT2D eigenvalue weighted by Crippen LogP contribution is -2.11. The van der Waals surface area contributed by atoms with Crippen molar-refractivity contribution in [1.29, 1.82) is 0 Å². The van der Waals surface area contributed by atoms with Gasteiger partial charge in [-0.2, -0.15) is 0 Å². The van der Waals surface area contributed by atoms with Gasteiger partial charge in [-0.15, -0.1) is 5.10 Å². The first-order valence-corrected chi connectivity index (χ1v) is 5.56. The minimum Gasteiger partial charge on any atom is -0.292 e. The first-order chi connectivity index (χ1) is 7.15. The highest BCUT2D eigenvalue weighted by atomic mass is 16.1. The van der Waals surface area contributed by atoms with E-state index >= 15 is 0 Å². The van der Waals surface area contributed by atoms with Crippen LogP contribution >= 0.6 is 0 Å². The summed E-state index contributed by atoms with van der Waals surface area (Å²) in [5.41, 5.74) is 0.650. The zero-order valence-corrected chi connectivity index (χ0v) is 9.73. The summed E-state index contributed by atoms with van der Waals surface area (Å²) in [5, 5.41) is 7.68. The normalized spacial score (nSPS) is 10.9. The molecule has 0 saturated carbocycles. The Labute approximate surface area is 90.7 Å². The summed E-state index contributed by atoms with van der Waals surface area (Å²) in [6, 6.07) is 0. The second-order valence-electron chi connectivity index (χ2n) is 4.20. The molecule has 0 aliphatic heterocycles. The first kappa shape index (κ1) is 11.9. The van der Waals surface area contributed by atoms with Crippen LogP contribution in [0.25, 0.3) is 0 Å². The van der Waals surface area contributed by atoms with Gasteiger partial charge in [0.1, 0.15) is 5.69 Å². The minimum atomic E-state index is 0.155. The molecule has 0 bridgehead atoms. The Morgan fingerprint density at radius 2 is 2.27 bits per heavy atom. The van der Waals surface area contributed by atoms with E-state index in [1.807, 2.05) is 0 Å². The average molecular weight is 209 g/mol. The van der Waals surface area contributed by atoms with Crippen LogP contribution in [0.5, 0.6) is 0 Å². The molecule has 0 spiro atoms.